The molecule has 0 aliphatic carbocycles. The van der Waals surface area contributed by atoms with Crippen molar-refractivity contribution in [2.24, 2.45) is 5.14 Å². The predicted molar refractivity (Wildman–Crippen MR) is 81.3 cm³/mol. The first-order chi connectivity index (χ1) is 9.72. The molecule has 0 spiro atoms. The van der Waals surface area contributed by atoms with Gasteiger partial charge in [-0.1, -0.05) is 23.2 Å². The Labute approximate surface area is 133 Å². The van der Waals surface area contributed by atoms with Gasteiger partial charge in [-0.3, -0.25) is 4.79 Å². The van der Waals surface area contributed by atoms with Crippen LogP contribution < -0.4 is 9.88 Å². The molecule has 1 amide bonds. The SMILES string of the molecule is CCN(CC)C(=O)COc1ccc(S(N)(=O)=O)c(Cl)c1Cl. The number of benzene rings is 1. The first-order valence-electron chi connectivity index (χ1n) is 6.13. The third-order valence-electron chi connectivity index (χ3n) is 2.79. The number of rotatable bonds is 6. The van der Waals surface area contributed by atoms with Gasteiger partial charge in [-0.15, -0.1) is 0 Å². The number of nitrogens with zero attached hydrogens (tertiary/aromatic N) is 1. The molecule has 1 rings (SSSR count). The van der Waals surface area contributed by atoms with Gasteiger partial charge in [-0.2, -0.15) is 0 Å². The van der Waals surface area contributed by atoms with E-state index in [0.717, 1.165) is 0 Å². The molecule has 0 aliphatic rings. The van der Waals surface area contributed by atoms with Crippen LogP contribution in [0.1, 0.15) is 13.8 Å². The van der Waals surface area contributed by atoms with Crippen molar-refractivity contribution in [1.82, 2.24) is 4.90 Å². The number of likely N-dealkylation sites (N-methyl/N-ethyl adjacent to an activating group) is 1. The summed E-state index contributed by atoms with van der Waals surface area (Å²) in [5.74, 6) is -0.0858. The molecular weight excluding hydrogens is 339 g/mol. The smallest absolute Gasteiger partial charge is 0.260 e. The maximum absolute atomic E-state index is 11.8. The van der Waals surface area contributed by atoms with Crippen LogP contribution in [0.2, 0.25) is 10.0 Å². The van der Waals surface area contributed by atoms with E-state index in [4.69, 9.17) is 33.1 Å². The van der Waals surface area contributed by atoms with E-state index in [1.54, 1.807) is 4.90 Å². The van der Waals surface area contributed by atoms with Gasteiger partial charge in [0.25, 0.3) is 5.91 Å². The molecule has 1 aromatic rings. The van der Waals surface area contributed by atoms with E-state index < -0.39 is 10.0 Å². The maximum atomic E-state index is 11.8. The third-order valence-corrected chi connectivity index (χ3v) is 4.72. The molecule has 2 N–H and O–H groups in total. The molecule has 0 heterocycles. The molecule has 0 bridgehead atoms. The number of nitrogens with two attached hydrogens (primary N) is 1. The topological polar surface area (TPSA) is 89.7 Å². The summed E-state index contributed by atoms with van der Waals surface area (Å²) in [4.78, 5) is 13.1. The Hall–Kier alpha value is -1.02. The highest BCUT2D eigenvalue weighted by Gasteiger charge is 2.19. The monoisotopic (exact) mass is 354 g/mol. The van der Waals surface area contributed by atoms with E-state index in [0.29, 0.717) is 13.1 Å². The summed E-state index contributed by atoms with van der Waals surface area (Å²) in [6, 6.07) is 2.49. The fourth-order valence-corrected chi connectivity index (χ4v) is 3.02. The lowest BCUT2D eigenvalue weighted by atomic mass is 10.3. The van der Waals surface area contributed by atoms with E-state index in [-0.39, 0.29) is 33.2 Å². The van der Waals surface area contributed by atoms with Gasteiger partial charge >= 0.3 is 0 Å². The lowest BCUT2D eigenvalue weighted by Gasteiger charge is -2.19. The molecule has 0 saturated carbocycles. The van der Waals surface area contributed by atoms with Crippen LogP contribution in [0, 0.1) is 0 Å². The van der Waals surface area contributed by atoms with Gasteiger partial charge < -0.3 is 9.64 Å². The van der Waals surface area contributed by atoms with Crippen molar-refractivity contribution < 1.29 is 17.9 Å². The summed E-state index contributed by atoms with van der Waals surface area (Å²) in [7, 11) is -3.97. The number of ether oxygens (including phenoxy) is 1. The molecule has 9 heteroatoms. The number of primary sulfonamides is 1. The summed E-state index contributed by atoms with van der Waals surface area (Å²) in [6.45, 7) is 4.62. The molecule has 0 fully saturated rings. The summed E-state index contributed by atoms with van der Waals surface area (Å²) in [6.07, 6.45) is 0. The number of halogens is 2. The Morgan fingerprint density at radius 2 is 1.81 bits per heavy atom. The molecule has 0 radical (unpaired) electrons. The van der Waals surface area contributed by atoms with Gasteiger partial charge in [0.2, 0.25) is 10.0 Å². The van der Waals surface area contributed by atoms with Crippen LogP contribution in [0.4, 0.5) is 0 Å². The van der Waals surface area contributed by atoms with Crippen molar-refractivity contribution in [2.45, 2.75) is 18.7 Å². The van der Waals surface area contributed by atoms with Gasteiger partial charge in [0.15, 0.2) is 6.61 Å². The number of carbonyl (C=O) groups excluding carboxylic acids is 1. The average molecular weight is 355 g/mol. The molecule has 0 aliphatic heterocycles. The van der Waals surface area contributed by atoms with Gasteiger partial charge in [-0.05, 0) is 26.0 Å². The molecule has 21 heavy (non-hydrogen) atoms. The van der Waals surface area contributed by atoms with Crippen LogP contribution >= 0.6 is 23.2 Å². The Balaban J connectivity index is 2.92. The number of carbonyl (C=O) groups is 1. The summed E-state index contributed by atoms with van der Waals surface area (Å²) >= 11 is 11.8. The molecule has 0 saturated heterocycles. The standard InChI is InChI=1S/C12H16Cl2N2O4S/c1-3-16(4-2)10(17)7-20-8-5-6-9(21(15,18)19)12(14)11(8)13/h5-6H,3-4,7H2,1-2H3,(H2,15,18,19). The van der Waals surface area contributed by atoms with E-state index in [2.05, 4.69) is 0 Å². The van der Waals surface area contributed by atoms with Gasteiger partial charge in [0.05, 0.1) is 5.02 Å². The minimum Gasteiger partial charge on any atom is -0.482 e. The first-order valence-corrected chi connectivity index (χ1v) is 8.43. The molecule has 6 nitrogen and oxygen atoms in total. The van der Waals surface area contributed by atoms with Crippen LogP contribution in [0.3, 0.4) is 0 Å². The van der Waals surface area contributed by atoms with Gasteiger partial charge in [-0.25, -0.2) is 13.6 Å². The zero-order valence-corrected chi connectivity index (χ0v) is 13.9. The molecule has 118 valence electrons. The van der Waals surface area contributed by atoms with E-state index in [1.165, 1.54) is 12.1 Å². The third kappa shape index (κ3) is 4.47. The first kappa shape index (κ1) is 18.0. The Bertz CT molecular complexity index is 630. The van der Waals surface area contributed by atoms with Gasteiger partial charge in [0.1, 0.15) is 15.7 Å². The second-order valence-corrected chi connectivity index (χ2v) is 6.38. The second kappa shape index (κ2) is 7.31. The van der Waals surface area contributed by atoms with Crippen LogP contribution in [0.5, 0.6) is 5.75 Å². The van der Waals surface area contributed by atoms with Crippen molar-refractivity contribution in [2.75, 3.05) is 19.7 Å². The van der Waals surface area contributed by atoms with Crippen LogP contribution in [0.25, 0.3) is 0 Å². The van der Waals surface area contributed by atoms with Crippen molar-refractivity contribution >= 4 is 39.1 Å². The lowest BCUT2D eigenvalue weighted by molar-refractivity contribution is -0.132. The van der Waals surface area contributed by atoms with Crippen LogP contribution in [-0.2, 0) is 14.8 Å². The largest absolute Gasteiger partial charge is 0.482 e. The molecule has 0 atom stereocenters. The van der Waals surface area contributed by atoms with E-state index in [1.807, 2.05) is 13.8 Å². The molecular formula is C12H16Cl2N2O4S. The number of hydrogen-bond acceptors (Lipinski definition) is 4. The van der Waals surface area contributed by atoms with Gasteiger partial charge in [0, 0.05) is 13.1 Å². The van der Waals surface area contributed by atoms with Crippen LogP contribution in [0.15, 0.2) is 17.0 Å². The fourth-order valence-electron chi connectivity index (χ4n) is 1.65. The van der Waals surface area contributed by atoms with Crippen molar-refractivity contribution in [3.63, 3.8) is 0 Å². The highest BCUT2D eigenvalue weighted by Crippen LogP contribution is 2.36. The minimum absolute atomic E-state index is 0.101. The van der Waals surface area contributed by atoms with E-state index >= 15 is 0 Å². The lowest BCUT2D eigenvalue weighted by Crippen LogP contribution is -2.34. The average Bonchev–Trinajstić information content (AvgIpc) is 2.40. The minimum atomic E-state index is -3.97. The Morgan fingerprint density at radius 3 is 2.29 bits per heavy atom. The summed E-state index contributed by atoms with van der Waals surface area (Å²) in [5, 5.41) is 4.67. The molecule has 0 aromatic heterocycles. The van der Waals surface area contributed by atoms with Crippen molar-refractivity contribution in [3.8, 4) is 5.75 Å². The molecule has 1 aromatic carbocycles. The normalized spacial score (nSPS) is 11.3. The molecule has 0 unspecified atom stereocenters. The van der Waals surface area contributed by atoms with Crippen LogP contribution in [-0.4, -0.2) is 38.9 Å². The van der Waals surface area contributed by atoms with Crippen molar-refractivity contribution in [1.29, 1.82) is 0 Å². The summed E-state index contributed by atoms with van der Waals surface area (Å²) in [5.41, 5.74) is 0. The maximum Gasteiger partial charge on any atom is 0.260 e. The summed E-state index contributed by atoms with van der Waals surface area (Å²) < 4.78 is 27.9. The predicted octanol–water partition coefficient (Wildman–Crippen LogP) is 1.89. The van der Waals surface area contributed by atoms with E-state index in [9.17, 15) is 13.2 Å². The highest BCUT2D eigenvalue weighted by molar-refractivity contribution is 7.89. The zero-order chi connectivity index (χ0) is 16.2. The number of hydrogen-bond donors (Lipinski definition) is 1. The fraction of sp³-hybridized carbons (Fsp3) is 0.417. The Morgan fingerprint density at radius 1 is 1.24 bits per heavy atom. The van der Waals surface area contributed by atoms with Crippen molar-refractivity contribution in [3.05, 3.63) is 22.2 Å². The second-order valence-electron chi connectivity index (χ2n) is 4.09. The Kier molecular flexibility index (Phi) is 6.27. The number of amides is 1. The highest BCUT2D eigenvalue weighted by atomic mass is 35.5. The zero-order valence-electron chi connectivity index (χ0n) is 11.6. The number of sulfonamides is 1. The quantitative estimate of drug-likeness (QED) is 0.844.